The second-order valence-electron chi connectivity index (χ2n) is 2.03. The summed E-state index contributed by atoms with van der Waals surface area (Å²) in [6, 6.07) is 5.09. The van der Waals surface area contributed by atoms with Crippen LogP contribution in [0.1, 0.15) is 5.69 Å². The molecular weight excluding hydrogens is 126 g/mol. The highest BCUT2D eigenvalue weighted by Crippen LogP contribution is 1.90. The van der Waals surface area contributed by atoms with Crippen LogP contribution in [0.2, 0.25) is 0 Å². The van der Waals surface area contributed by atoms with Crippen molar-refractivity contribution in [1.29, 1.82) is 0 Å². The molecule has 1 rings (SSSR count). The van der Waals surface area contributed by atoms with E-state index >= 15 is 0 Å². The van der Waals surface area contributed by atoms with Crippen LogP contribution >= 0.6 is 0 Å². The Kier molecular flexibility index (Phi) is 2.05. The molecule has 0 bridgehead atoms. The third-order valence-electron chi connectivity index (χ3n) is 1.19. The van der Waals surface area contributed by atoms with Crippen LogP contribution in [0.25, 0.3) is 0 Å². The summed E-state index contributed by atoms with van der Waals surface area (Å²) in [5.74, 6) is 0. The van der Waals surface area contributed by atoms with E-state index in [1.54, 1.807) is 12.1 Å². The molecule has 0 aromatic carbocycles. The van der Waals surface area contributed by atoms with Crippen molar-refractivity contribution in [2.24, 2.45) is 0 Å². The number of nitrogens with one attached hydrogen (secondary N) is 1. The van der Waals surface area contributed by atoms with Gasteiger partial charge in [-0.05, 0) is 6.07 Å². The zero-order chi connectivity index (χ0) is 7.40. The minimum absolute atomic E-state index is 0.0562. The third-order valence-corrected chi connectivity index (χ3v) is 1.19. The molecule has 1 aromatic rings. The van der Waals surface area contributed by atoms with Gasteiger partial charge in [-0.3, -0.25) is 4.79 Å². The molecule has 0 aliphatic rings. The van der Waals surface area contributed by atoms with Gasteiger partial charge in [0.2, 0.25) is 5.56 Å². The molecule has 2 heteroatoms. The van der Waals surface area contributed by atoms with Crippen LogP contribution < -0.4 is 5.56 Å². The average Bonchev–Trinajstić information content (AvgIpc) is 1.88. The lowest BCUT2D eigenvalue weighted by Crippen LogP contribution is -2.05. The Morgan fingerprint density at radius 1 is 1.60 bits per heavy atom. The first-order valence-corrected chi connectivity index (χ1v) is 3.12. The Morgan fingerprint density at radius 2 is 2.40 bits per heavy atom. The highest BCUT2D eigenvalue weighted by Gasteiger charge is 1.86. The summed E-state index contributed by atoms with van der Waals surface area (Å²) in [7, 11) is 0. The van der Waals surface area contributed by atoms with E-state index < -0.39 is 0 Å². The highest BCUT2D eigenvalue weighted by molar-refractivity contribution is 5.06. The van der Waals surface area contributed by atoms with Crippen molar-refractivity contribution in [3.63, 3.8) is 0 Å². The van der Waals surface area contributed by atoms with Crippen LogP contribution in [-0.4, -0.2) is 4.98 Å². The summed E-state index contributed by atoms with van der Waals surface area (Å²) in [6.45, 7) is 3.56. The van der Waals surface area contributed by atoms with E-state index in [0.29, 0.717) is 0 Å². The Bertz CT molecular complexity index is 275. The molecule has 0 saturated heterocycles. The second-order valence-corrected chi connectivity index (χ2v) is 2.03. The van der Waals surface area contributed by atoms with Crippen LogP contribution in [0.4, 0.5) is 0 Å². The monoisotopic (exact) mass is 135 g/mol. The SMILES string of the molecule is C=CCc1cccc(=O)[nH]1. The van der Waals surface area contributed by atoms with Gasteiger partial charge in [0.25, 0.3) is 0 Å². The van der Waals surface area contributed by atoms with E-state index in [9.17, 15) is 4.79 Å². The van der Waals surface area contributed by atoms with Gasteiger partial charge in [0, 0.05) is 18.2 Å². The minimum atomic E-state index is -0.0562. The number of H-pyrrole nitrogens is 1. The van der Waals surface area contributed by atoms with Gasteiger partial charge >= 0.3 is 0 Å². The van der Waals surface area contributed by atoms with Crippen LogP contribution in [0.5, 0.6) is 0 Å². The van der Waals surface area contributed by atoms with Crippen molar-refractivity contribution in [2.45, 2.75) is 6.42 Å². The lowest BCUT2D eigenvalue weighted by atomic mass is 10.3. The lowest BCUT2D eigenvalue weighted by molar-refractivity contribution is 1.08. The number of aromatic amines is 1. The van der Waals surface area contributed by atoms with Crippen molar-refractivity contribution >= 4 is 0 Å². The largest absolute Gasteiger partial charge is 0.326 e. The van der Waals surface area contributed by atoms with Crippen molar-refractivity contribution in [3.8, 4) is 0 Å². The van der Waals surface area contributed by atoms with E-state index in [1.165, 1.54) is 6.07 Å². The Labute approximate surface area is 59.2 Å². The first-order chi connectivity index (χ1) is 4.83. The van der Waals surface area contributed by atoms with Gasteiger partial charge in [0.15, 0.2) is 0 Å². The van der Waals surface area contributed by atoms with E-state index in [0.717, 1.165) is 12.1 Å². The summed E-state index contributed by atoms with van der Waals surface area (Å²) in [4.78, 5) is 13.4. The fourth-order valence-electron chi connectivity index (χ4n) is 0.768. The second kappa shape index (κ2) is 3.01. The van der Waals surface area contributed by atoms with Crippen molar-refractivity contribution in [2.75, 3.05) is 0 Å². The van der Waals surface area contributed by atoms with Gasteiger partial charge in [0.1, 0.15) is 0 Å². The van der Waals surface area contributed by atoms with Gasteiger partial charge in [-0.25, -0.2) is 0 Å². The van der Waals surface area contributed by atoms with Crippen molar-refractivity contribution in [3.05, 3.63) is 46.9 Å². The van der Waals surface area contributed by atoms with Crippen LogP contribution in [0.3, 0.4) is 0 Å². The number of allylic oxidation sites excluding steroid dienone is 1. The molecule has 0 unspecified atom stereocenters. The van der Waals surface area contributed by atoms with E-state index in [2.05, 4.69) is 11.6 Å². The average molecular weight is 135 g/mol. The van der Waals surface area contributed by atoms with Crippen LogP contribution in [0.15, 0.2) is 35.6 Å². The van der Waals surface area contributed by atoms with Crippen LogP contribution in [0, 0.1) is 0 Å². The zero-order valence-corrected chi connectivity index (χ0v) is 5.63. The Morgan fingerprint density at radius 3 is 3.00 bits per heavy atom. The molecule has 0 amide bonds. The smallest absolute Gasteiger partial charge is 0.248 e. The molecule has 1 N–H and O–H groups in total. The van der Waals surface area contributed by atoms with E-state index in [1.807, 2.05) is 6.07 Å². The zero-order valence-electron chi connectivity index (χ0n) is 5.63. The van der Waals surface area contributed by atoms with Gasteiger partial charge in [-0.1, -0.05) is 12.1 Å². The van der Waals surface area contributed by atoms with Gasteiger partial charge in [-0.2, -0.15) is 0 Å². The molecule has 1 aromatic heterocycles. The Hall–Kier alpha value is -1.31. The molecule has 0 aliphatic carbocycles. The minimum Gasteiger partial charge on any atom is -0.326 e. The molecule has 0 atom stereocenters. The van der Waals surface area contributed by atoms with Crippen molar-refractivity contribution in [1.82, 2.24) is 4.98 Å². The number of aromatic nitrogens is 1. The summed E-state index contributed by atoms with van der Waals surface area (Å²) in [5.41, 5.74) is 0.849. The Balaban J connectivity index is 2.95. The standard InChI is InChI=1S/C8H9NO/c1-2-4-7-5-3-6-8(10)9-7/h2-3,5-6H,1,4H2,(H,9,10). The molecule has 0 fully saturated rings. The summed E-state index contributed by atoms with van der Waals surface area (Å²) < 4.78 is 0. The van der Waals surface area contributed by atoms with Crippen LogP contribution in [-0.2, 0) is 6.42 Å². The maximum absolute atomic E-state index is 10.7. The molecule has 10 heavy (non-hydrogen) atoms. The summed E-state index contributed by atoms with van der Waals surface area (Å²) >= 11 is 0. The maximum atomic E-state index is 10.7. The fraction of sp³-hybridized carbons (Fsp3) is 0.125. The maximum Gasteiger partial charge on any atom is 0.248 e. The summed E-state index contributed by atoms with van der Waals surface area (Å²) in [5, 5.41) is 0. The van der Waals surface area contributed by atoms with E-state index in [4.69, 9.17) is 0 Å². The number of hydrogen-bond acceptors (Lipinski definition) is 1. The number of pyridine rings is 1. The molecule has 2 nitrogen and oxygen atoms in total. The van der Waals surface area contributed by atoms with Gasteiger partial charge in [-0.15, -0.1) is 6.58 Å². The third kappa shape index (κ3) is 1.58. The van der Waals surface area contributed by atoms with Crippen molar-refractivity contribution < 1.29 is 0 Å². The predicted octanol–water partition coefficient (Wildman–Crippen LogP) is 1.10. The molecule has 52 valence electrons. The molecule has 0 spiro atoms. The first-order valence-electron chi connectivity index (χ1n) is 3.12. The molecule has 0 aliphatic heterocycles. The van der Waals surface area contributed by atoms with Gasteiger partial charge in [0.05, 0.1) is 0 Å². The normalized spacial score (nSPS) is 9.20. The molecule has 1 heterocycles. The molecule has 0 saturated carbocycles. The molecule has 0 radical (unpaired) electrons. The van der Waals surface area contributed by atoms with E-state index in [-0.39, 0.29) is 5.56 Å². The molecular formula is C8H9NO. The highest BCUT2D eigenvalue weighted by atomic mass is 16.1. The fourth-order valence-corrected chi connectivity index (χ4v) is 0.768. The lowest BCUT2D eigenvalue weighted by Gasteiger charge is -1.92. The number of rotatable bonds is 2. The number of hydrogen-bond donors (Lipinski definition) is 1. The summed E-state index contributed by atoms with van der Waals surface area (Å²) in [6.07, 6.45) is 2.47. The first kappa shape index (κ1) is 6.81. The quantitative estimate of drug-likeness (QED) is 0.605. The van der Waals surface area contributed by atoms with Gasteiger partial charge < -0.3 is 4.98 Å². The predicted molar refractivity (Wildman–Crippen MR) is 41.0 cm³/mol. The topological polar surface area (TPSA) is 32.9 Å².